The zero-order valence-corrected chi connectivity index (χ0v) is 16.4. The first-order chi connectivity index (χ1) is 14.2. The molecule has 29 heavy (non-hydrogen) atoms. The van der Waals surface area contributed by atoms with E-state index in [-0.39, 0.29) is 0 Å². The van der Waals surface area contributed by atoms with Gasteiger partial charge in [-0.25, -0.2) is 15.0 Å². The molecule has 1 aliphatic rings. The van der Waals surface area contributed by atoms with E-state index >= 15 is 0 Å². The maximum absolute atomic E-state index is 8.88. The van der Waals surface area contributed by atoms with E-state index < -0.39 is 0 Å². The summed E-state index contributed by atoms with van der Waals surface area (Å²) in [7, 11) is 0. The molecule has 0 unspecified atom stereocenters. The van der Waals surface area contributed by atoms with Crippen LogP contribution in [0.5, 0.6) is 0 Å². The number of hydrogen-bond acceptors (Lipinski definition) is 7. The SMILES string of the molecule is Cc1nc(Nc2ccc(C#N)nc2)cc(C2CCN(Cc3ccncc3)CC2)n1. The number of aromatic nitrogens is 4. The second-order valence-electron chi connectivity index (χ2n) is 7.30. The molecule has 7 nitrogen and oxygen atoms in total. The van der Waals surface area contributed by atoms with Crippen molar-refractivity contribution in [3.05, 3.63) is 71.7 Å². The summed E-state index contributed by atoms with van der Waals surface area (Å²) in [5, 5.41) is 12.2. The molecule has 1 aliphatic heterocycles. The van der Waals surface area contributed by atoms with Gasteiger partial charge in [0, 0.05) is 36.6 Å². The number of piperidine rings is 1. The van der Waals surface area contributed by atoms with Crippen LogP contribution in [0.3, 0.4) is 0 Å². The second-order valence-corrected chi connectivity index (χ2v) is 7.30. The Balaban J connectivity index is 1.40. The lowest BCUT2D eigenvalue weighted by Gasteiger charge is -2.31. The lowest BCUT2D eigenvalue weighted by Crippen LogP contribution is -2.32. The fourth-order valence-electron chi connectivity index (χ4n) is 3.68. The molecule has 4 rings (SSSR count). The zero-order chi connectivity index (χ0) is 20.1. The highest BCUT2D eigenvalue weighted by Gasteiger charge is 2.22. The number of nitrogens with zero attached hydrogens (tertiary/aromatic N) is 6. The third kappa shape index (κ3) is 4.92. The smallest absolute Gasteiger partial charge is 0.140 e. The van der Waals surface area contributed by atoms with Crippen molar-refractivity contribution in [3.63, 3.8) is 0 Å². The standard InChI is InChI=1S/C22H23N7/c1-16-26-21(12-22(27-16)28-20-3-2-19(13-23)25-14-20)18-6-10-29(11-7-18)15-17-4-8-24-9-5-17/h2-5,8-9,12,14,18H,6-7,10-11,15H2,1H3,(H,26,27,28). The van der Waals surface area contributed by atoms with E-state index in [2.05, 4.69) is 37.3 Å². The molecular formula is C22H23N7. The van der Waals surface area contributed by atoms with Crippen molar-refractivity contribution < 1.29 is 0 Å². The van der Waals surface area contributed by atoms with Gasteiger partial charge < -0.3 is 5.32 Å². The third-order valence-corrected chi connectivity index (χ3v) is 5.17. The van der Waals surface area contributed by atoms with Crippen LogP contribution in [0.25, 0.3) is 0 Å². The van der Waals surface area contributed by atoms with E-state index in [1.54, 1.807) is 12.3 Å². The highest BCUT2D eigenvalue weighted by atomic mass is 15.1. The Hall–Kier alpha value is -3.37. The van der Waals surface area contributed by atoms with Crippen LogP contribution in [0.15, 0.2) is 48.9 Å². The van der Waals surface area contributed by atoms with Gasteiger partial charge in [0.25, 0.3) is 0 Å². The van der Waals surface area contributed by atoms with Crippen molar-refractivity contribution in [2.75, 3.05) is 18.4 Å². The molecule has 3 aromatic heterocycles. The molecule has 0 radical (unpaired) electrons. The molecule has 0 aliphatic carbocycles. The van der Waals surface area contributed by atoms with Gasteiger partial charge in [-0.2, -0.15) is 5.26 Å². The first-order valence-electron chi connectivity index (χ1n) is 9.79. The monoisotopic (exact) mass is 385 g/mol. The van der Waals surface area contributed by atoms with E-state index in [0.717, 1.165) is 55.5 Å². The van der Waals surface area contributed by atoms with E-state index in [1.807, 2.05) is 37.5 Å². The summed E-state index contributed by atoms with van der Waals surface area (Å²) in [5.41, 5.74) is 3.60. The Labute approximate surface area is 170 Å². The van der Waals surface area contributed by atoms with Gasteiger partial charge in [0.2, 0.25) is 0 Å². The highest BCUT2D eigenvalue weighted by Crippen LogP contribution is 2.29. The van der Waals surface area contributed by atoms with Crippen molar-refractivity contribution in [2.24, 2.45) is 0 Å². The number of anilines is 2. The van der Waals surface area contributed by atoms with Crippen LogP contribution in [0.4, 0.5) is 11.5 Å². The third-order valence-electron chi connectivity index (χ3n) is 5.17. The average molecular weight is 385 g/mol. The van der Waals surface area contributed by atoms with Crippen LogP contribution in [0, 0.1) is 18.3 Å². The molecule has 0 atom stereocenters. The van der Waals surface area contributed by atoms with Crippen LogP contribution in [0.2, 0.25) is 0 Å². The lowest BCUT2D eigenvalue weighted by molar-refractivity contribution is 0.203. The second kappa shape index (κ2) is 8.76. The number of nitrogens with one attached hydrogen (secondary N) is 1. The average Bonchev–Trinajstić information content (AvgIpc) is 2.75. The Kier molecular flexibility index (Phi) is 5.73. The summed E-state index contributed by atoms with van der Waals surface area (Å²) in [6, 6.07) is 11.7. The Bertz CT molecular complexity index is 988. The molecule has 0 spiro atoms. The van der Waals surface area contributed by atoms with Crippen molar-refractivity contribution >= 4 is 11.5 Å². The predicted molar refractivity (Wildman–Crippen MR) is 110 cm³/mol. The predicted octanol–water partition coefficient (Wildman–Crippen LogP) is 3.57. The van der Waals surface area contributed by atoms with E-state index in [9.17, 15) is 0 Å². The van der Waals surface area contributed by atoms with Gasteiger partial charge in [-0.3, -0.25) is 9.88 Å². The van der Waals surface area contributed by atoms with Gasteiger partial charge in [0.1, 0.15) is 23.4 Å². The van der Waals surface area contributed by atoms with Crippen molar-refractivity contribution in [1.82, 2.24) is 24.8 Å². The van der Waals surface area contributed by atoms with Gasteiger partial charge >= 0.3 is 0 Å². The first kappa shape index (κ1) is 19.0. The molecule has 146 valence electrons. The fourth-order valence-corrected chi connectivity index (χ4v) is 3.68. The molecule has 0 saturated carbocycles. The number of aryl methyl sites for hydroxylation is 1. The summed E-state index contributed by atoms with van der Waals surface area (Å²) in [6.07, 6.45) is 7.51. The van der Waals surface area contributed by atoms with Crippen LogP contribution < -0.4 is 5.32 Å². The van der Waals surface area contributed by atoms with Crippen molar-refractivity contribution in [1.29, 1.82) is 5.26 Å². The first-order valence-corrected chi connectivity index (χ1v) is 9.79. The maximum atomic E-state index is 8.88. The van der Waals surface area contributed by atoms with Crippen molar-refractivity contribution in [3.8, 4) is 6.07 Å². The van der Waals surface area contributed by atoms with E-state index in [0.29, 0.717) is 11.6 Å². The summed E-state index contributed by atoms with van der Waals surface area (Å²) in [5.74, 6) is 1.95. The number of rotatable bonds is 5. The van der Waals surface area contributed by atoms with E-state index in [1.165, 1.54) is 5.56 Å². The summed E-state index contributed by atoms with van der Waals surface area (Å²) in [4.78, 5) is 19.9. The van der Waals surface area contributed by atoms with Gasteiger partial charge in [-0.05, 0) is 62.7 Å². The number of likely N-dealkylation sites (tertiary alicyclic amines) is 1. The minimum Gasteiger partial charge on any atom is -0.339 e. The number of pyridine rings is 2. The zero-order valence-electron chi connectivity index (χ0n) is 16.4. The Morgan fingerprint density at radius 2 is 1.93 bits per heavy atom. The topological polar surface area (TPSA) is 90.6 Å². The van der Waals surface area contributed by atoms with Crippen LogP contribution in [-0.2, 0) is 6.54 Å². The number of nitriles is 1. The summed E-state index contributed by atoms with van der Waals surface area (Å²) < 4.78 is 0. The number of hydrogen-bond donors (Lipinski definition) is 1. The molecular weight excluding hydrogens is 362 g/mol. The fraction of sp³-hybridized carbons (Fsp3) is 0.318. The molecule has 0 aromatic carbocycles. The molecule has 4 heterocycles. The molecule has 0 amide bonds. The Morgan fingerprint density at radius 1 is 1.14 bits per heavy atom. The molecule has 7 heteroatoms. The van der Waals surface area contributed by atoms with Crippen LogP contribution in [-0.4, -0.2) is 37.9 Å². The highest BCUT2D eigenvalue weighted by molar-refractivity contribution is 5.55. The van der Waals surface area contributed by atoms with E-state index in [4.69, 9.17) is 10.2 Å². The summed E-state index contributed by atoms with van der Waals surface area (Å²) >= 11 is 0. The minimum absolute atomic E-state index is 0.397. The van der Waals surface area contributed by atoms with Gasteiger partial charge in [0.05, 0.1) is 11.9 Å². The maximum Gasteiger partial charge on any atom is 0.140 e. The lowest BCUT2D eigenvalue weighted by atomic mass is 9.93. The Morgan fingerprint density at radius 3 is 2.62 bits per heavy atom. The van der Waals surface area contributed by atoms with Crippen LogP contribution >= 0.6 is 0 Å². The quantitative estimate of drug-likeness (QED) is 0.718. The minimum atomic E-state index is 0.397. The molecule has 0 bridgehead atoms. The largest absolute Gasteiger partial charge is 0.339 e. The molecule has 1 N–H and O–H groups in total. The van der Waals surface area contributed by atoms with Crippen LogP contribution in [0.1, 0.15) is 41.5 Å². The molecule has 3 aromatic rings. The van der Waals surface area contributed by atoms with Gasteiger partial charge in [0.15, 0.2) is 0 Å². The molecule has 1 saturated heterocycles. The van der Waals surface area contributed by atoms with Gasteiger partial charge in [-0.1, -0.05) is 0 Å². The van der Waals surface area contributed by atoms with Crippen molar-refractivity contribution in [2.45, 2.75) is 32.2 Å². The molecule has 1 fully saturated rings. The normalized spacial score (nSPS) is 15.0. The van der Waals surface area contributed by atoms with Gasteiger partial charge in [-0.15, -0.1) is 0 Å². The summed E-state index contributed by atoms with van der Waals surface area (Å²) in [6.45, 7) is 5.00.